The molecule has 0 heterocycles. The highest BCUT2D eigenvalue weighted by Gasteiger charge is 2.15. The van der Waals surface area contributed by atoms with Crippen LogP contribution in [0.2, 0.25) is 0 Å². The Kier molecular flexibility index (Phi) is 6.90. The summed E-state index contributed by atoms with van der Waals surface area (Å²) in [7, 11) is 0. The number of carbonyl (C=O) groups excluding carboxylic acids is 1. The lowest BCUT2D eigenvalue weighted by Crippen LogP contribution is -2.24. The van der Waals surface area contributed by atoms with Crippen molar-refractivity contribution in [3.8, 4) is 0 Å². The largest absolute Gasteiger partial charge is 0.456 e. The molecule has 0 fully saturated rings. The minimum Gasteiger partial charge on any atom is -0.456 e. The van der Waals surface area contributed by atoms with E-state index in [2.05, 4.69) is 0 Å². The fourth-order valence-corrected chi connectivity index (χ4v) is 1.60. The van der Waals surface area contributed by atoms with Crippen molar-refractivity contribution in [3.05, 3.63) is 48.0 Å². The summed E-state index contributed by atoms with van der Waals surface area (Å²) < 4.78 is 10.7. The Bertz CT molecular complexity index is 396. The molecular weight excluding hydrogens is 240 g/mol. The van der Waals surface area contributed by atoms with E-state index < -0.39 is 0 Å². The van der Waals surface area contributed by atoms with Gasteiger partial charge in [-0.25, -0.2) is 4.79 Å². The van der Waals surface area contributed by atoms with Crippen LogP contribution < -0.4 is 0 Å². The number of hydrogen-bond donors (Lipinski definition) is 0. The van der Waals surface area contributed by atoms with Gasteiger partial charge in [-0.15, -0.1) is 0 Å². The first kappa shape index (κ1) is 15.4. The van der Waals surface area contributed by atoms with Crippen molar-refractivity contribution in [3.63, 3.8) is 0 Å². The van der Waals surface area contributed by atoms with Crippen LogP contribution in [0.4, 0.5) is 0 Å². The SMILES string of the molecule is C/C=C/C(OC(=O)COCc1ccccc1)C(C)C. The van der Waals surface area contributed by atoms with Crippen molar-refractivity contribution < 1.29 is 14.3 Å². The molecule has 0 aliphatic rings. The third kappa shape index (κ3) is 6.20. The number of carbonyl (C=O) groups is 1. The van der Waals surface area contributed by atoms with E-state index in [9.17, 15) is 4.79 Å². The molecule has 1 aromatic rings. The van der Waals surface area contributed by atoms with Crippen molar-refractivity contribution in [1.82, 2.24) is 0 Å². The Morgan fingerprint density at radius 3 is 2.53 bits per heavy atom. The summed E-state index contributed by atoms with van der Waals surface area (Å²) in [5.74, 6) is -0.0676. The lowest BCUT2D eigenvalue weighted by atomic mass is 10.1. The Hall–Kier alpha value is -1.61. The van der Waals surface area contributed by atoms with Crippen LogP contribution in [0.1, 0.15) is 26.3 Å². The number of hydrogen-bond acceptors (Lipinski definition) is 3. The molecule has 1 rings (SSSR count). The summed E-state index contributed by atoms with van der Waals surface area (Å²) in [6.07, 6.45) is 3.60. The second-order valence-electron chi connectivity index (χ2n) is 4.70. The quantitative estimate of drug-likeness (QED) is 0.558. The molecule has 0 saturated heterocycles. The van der Waals surface area contributed by atoms with Gasteiger partial charge in [0.2, 0.25) is 0 Å². The van der Waals surface area contributed by atoms with Crippen LogP contribution in [0.25, 0.3) is 0 Å². The van der Waals surface area contributed by atoms with Gasteiger partial charge >= 0.3 is 5.97 Å². The van der Waals surface area contributed by atoms with Crippen molar-refractivity contribution in [2.45, 2.75) is 33.5 Å². The van der Waals surface area contributed by atoms with Crippen molar-refractivity contribution in [2.75, 3.05) is 6.61 Å². The molecule has 19 heavy (non-hydrogen) atoms. The Balaban J connectivity index is 2.31. The highest BCUT2D eigenvalue weighted by molar-refractivity contribution is 5.71. The molecule has 0 amide bonds. The predicted octanol–water partition coefficient (Wildman–Crippen LogP) is 3.35. The highest BCUT2D eigenvalue weighted by Crippen LogP contribution is 2.09. The van der Waals surface area contributed by atoms with Gasteiger partial charge in [-0.1, -0.05) is 50.3 Å². The van der Waals surface area contributed by atoms with E-state index in [1.807, 2.05) is 63.3 Å². The van der Waals surface area contributed by atoms with Crippen molar-refractivity contribution in [1.29, 1.82) is 0 Å². The average molecular weight is 262 g/mol. The molecule has 0 spiro atoms. The van der Waals surface area contributed by atoms with Crippen LogP contribution in [0.15, 0.2) is 42.5 Å². The predicted molar refractivity (Wildman–Crippen MR) is 75.6 cm³/mol. The maximum Gasteiger partial charge on any atom is 0.332 e. The molecule has 3 heteroatoms. The lowest BCUT2D eigenvalue weighted by Gasteiger charge is -2.17. The Labute approximate surface area is 115 Å². The van der Waals surface area contributed by atoms with Crippen LogP contribution in [0, 0.1) is 5.92 Å². The van der Waals surface area contributed by atoms with E-state index in [-0.39, 0.29) is 24.6 Å². The monoisotopic (exact) mass is 262 g/mol. The molecular formula is C16H22O3. The van der Waals surface area contributed by atoms with Gasteiger partial charge in [-0.3, -0.25) is 0 Å². The second kappa shape index (κ2) is 8.48. The van der Waals surface area contributed by atoms with E-state index in [1.165, 1.54) is 0 Å². The molecule has 0 aliphatic heterocycles. The number of esters is 1. The molecule has 1 atom stereocenters. The second-order valence-corrected chi connectivity index (χ2v) is 4.70. The van der Waals surface area contributed by atoms with Gasteiger partial charge in [-0.2, -0.15) is 0 Å². The fraction of sp³-hybridized carbons (Fsp3) is 0.438. The average Bonchev–Trinajstić information content (AvgIpc) is 2.39. The number of benzene rings is 1. The number of allylic oxidation sites excluding steroid dienone is 1. The zero-order chi connectivity index (χ0) is 14.1. The lowest BCUT2D eigenvalue weighted by molar-refractivity contribution is -0.154. The fourth-order valence-electron chi connectivity index (χ4n) is 1.60. The third-order valence-corrected chi connectivity index (χ3v) is 2.64. The minimum atomic E-state index is -0.326. The van der Waals surface area contributed by atoms with Crippen LogP contribution >= 0.6 is 0 Å². The molecule has 0 aromatic heterocycles. The summed E-state index contributed by atoms with van der Waals surface area (Å²) in [4.78, 5) is 11.6. The molecule has 1 aromatic carbocycles. The Morgan fingerprint density at radius 1 is 1.26 bits per heavy atom. The molecule has 3 nitrogen and oxygen atoms in total. The van der Waals surface area contributed by atoms with Gasteiger partial charge in [0.15, 0.2) is 0 Å². The first-order valence-electron chi connectivity index (χ1n) is 6.57. The maximum absolute atomic E-state index is 11.6. The van der Waals surface area contributed by atoms with E-state index in [1.54, 1.807) is 0 Å². The van der Waals surface area contributed by atoms with Crippen LogP contribution in [0.3, 0.4) is 0 Å². The van der Waals surface area contributed by atoms with Gasteiger partial charge in [-0.05, 0) is 24.5 Å². The number of ether oxygens (including phenoxy) is 2. The summed E-state index contributed by atoms with van der Waals surface area (Å²) >= 11 is 0. The smallest absolute Gasteiger partial charge is 0.332 e. The highest BCUT2D eigenvalue weighted by atomic mass is 16.6. The zero-order valence-corrected chi connectivity index (χ0v) is 11.8. The van der Waals surface area contributed by atoms with Gasteiger partial charge in [0.25, 0.3) is 0 Å². The van der Waals surface area contributed by atoms with E-state index in [4.69, 9.17) is 9.47 Å². The van der Waals surface area contributed by atoms with Crippen molar-refractivity contribution in [2.24, 2.45) is 5.92 Å². The molecule has 104 valence electrons. The first-order chi connectivity index (χ1) is 9.13. The van der Waals surface area contributed by atoms with Gasteiger partial charge < -0.3 is 9.47 Å². The van der Waals surface area contributed by atoms with Gasteiger partial charge in [0.05, 0.1) is 6.61 Å². The van der Waals surface area contributed by atoms with Crippen LogP contribution in [0.5, 0.6) is 0 Å². The number of rotatable bonds is 7. The van der Waals surface area contributed by atoms with Gasteiger partial charge in [0.1, 0.15) is 12.7 Å². The van der Waals surface area contributed by atoms with Crippen LogP contribution in [-0.4, -0.2) is 18.7 Å². The normalized spacial score (nSPS) is 12.8. The molecule has 0 radical (unpaired) electrons. The zero-order valence-electron chi connectivity index (χ0n) is 11.8. The Morgan fingerprint density at radius 2 is 1.95 bits per heavy atom. The standard InChI is InChI=1S/C16H22O3/c1-4-8-15(13(2)3)19-16(17)12-18-11-14-9-6-5-7-10-14/h4-10,13,15H,11-12H2,1-3H3/b8-4+. The third-order valence-electron chi connectivity index (χ3n) is 2.64. The molecule has 0 N–H and O–H groups in total. The molecule has 0 bridgehead atoms. The summed E-state index contributed by atoms with van der Waals surface area (Å²) in [5.41, 5.74) is 1.05. The molecule has 1 unspecified atom stereocenters. The van der Waals surface area contributed by atoms with E-state index in [0.29, 0.717) is 6.61 Å². The van der Waals surface area contributed by atoms with E-state index in [0.717, 1.165) is 5.56 Å². The van der Waals surface area contributed by atoms with Gasteiger partial charge in [0, 0.05) is 0 Å². The molecule has 0 aliphatic carbocycles. The summed E-state index contributed by atoms with van der Waals surface area (Å²) in [6.45, 7) is 6.35. The summed E-state index contributed by atoms with van der Waals surface area (Å²) in [6, 6.07) is 9.75. The van der Waals surface area contributed by atoms with E-state index >= 15 is 0 Å². The first-order valence-corrected chi connectivity index (χ1v) is 6.57. The summed E-state index contributed by atoms with van der Waals surface area (Å²) in [5, 5.41) is 0. The topological polar surface area (TPSA) is 35.5 Å². The maximum atomic E-state index is 11.6. The minimum absolute atomic E-state index is 0.0182. The van der Waals surface area contributed by atoms with Crippen molar-refractivity contribution >= 4 is 5.97 Å². The van der Waals surface area contributed by atoms with Crippen LogP contribution in [-0.2, 0) is 20.9 Å². The molecule has 0 saturated carbocycles.